The second-order valence-electron chi connectivity index (χ2n) is 7.38. The molecule has 1 heterocycles. The van der Waals surface area contributed by atoms with Crippen molar-refractivity contribution < 1.29 is 13.2 Å². The third kappa shape index (κ3) is 1.71. The molecule has 3 rings (SSSR count). The second-order valence-corrected chi connectivity index (χ2v) is 9.23. The monoisotopic (exact) mass is 326 g/mol. The maximum atomic E-state index is 12.7. The Morgan fingerprint density at radius 1 is 1.50 bits per heavy atom. The molecular weight excluding hydrogens is 304 g/mol. The van der Waals surface area contributed by atoms with E-state index in [4.69, 9.17) is 5.53 Å². The molecule has 3 fully saturated rings. The third-order valence-electron chi connectivity index (χ3n) is 6.49. The Bertz CT molecular complexity index is 668. The largest absolute Gasteiger partial charge is 0.273 e. The molecule has 2 bridgehead atoms. The van der Waals surface area contributed by atoms with Crippen LogP contribution in [0.5, 0.6) is 0 Å². The van der Waals surface area contributed by atoms with Gasteiger partial charge in [0, 0.05) is 10.3 Å². The number of sulfonamides is 1. The van der Waals surface area contributed by atoms with Gasteiger partial charge in [0.15, 0.2) is 0 Å². The Morgan fingerprint density at radius 3 is 2.73 bits per heavy atom. The standard InChI is InChI=1S/C14H22N4O3S/c1-4-10(16-17-15)12(19)18-11-7-9-5-6-14(11,13(9,2)3)8-22(18,20)21/h9-11H,4-8H2,1-3H3/t9-,10-,11-,14-/m1/s1. The maximum Gasteiger partial charge on any atom is 0.245 e. The molecule has 22 heavy (non-hydrogen) atoms. The molecule has 8 heteroatoms. The van der Waals surface area contributed by atoms with Gasteiger partial charge in [-0.25, -0.2) is 12.7 Å². The Morgan fingerprint density at radius 2 is 2.18 bits per heavy atom. The molecule has 4 atom stereocenters. The van der Waals surface area contributed by atoms with E-state index in [0.29, 0.717) is 12.3 Å². The number of rotatable bonds is 3. The number of carbonyl (C=O) groups excluding carboxylic acids is 1. The fourth-order valence-electron chi connectivity index (χ4n) is 5.09. The van der Waals surface area contributed by atoms with E-state index in [1.165, 1.54) is 0 Å². The molecule has 1 amide bonds. The molecule has 2 saturated carbocycles. The van der Waals surface area contributed by atoms with Gasteiger partial charge in [0.1, 0.15) is 6.04 Å². The van der Waals surface area contributed by atoms with E-state index in [1.807, 2.05) is 0 Å². The zero-order valence-corrected chi connectivity index (χ0v) is 14.0. The summed E-state index contributed by atoms with van der Waals surface area (Å²) in [6.07, 6.45) is 2.94. The SMILES string of the molecule is CC[C@@H](N=[N+]=[N-])C(=O)N1[C@@H]2C[C@H]3CC[C@]2(CS1(=O)=O)C3(C)C. The number of amides is 1. The molecule has 122 valence electrons. The number of fused-ring (bicyclic) bond motifs is 1. The molecule has 0 N–H and O–H groups in total. The van der Waals surface area contributed by atoms with Gasteiger partial charge in [0.2, 0.25) is 15.9 Å². The van der Waals surface area contributed by atoms with Crippen LogP contribution >= 0.6 is 0 Å². The predicted octanol–water partition coefficient (Wildman–Crippen LogP) is 2.44. The quantitative estimate of drug-likeness (QED) is 0.452. The van der Waals surface area contributed by atoms with Gasteiger partial charge in [-0.05, 0) is 42.5 Å². The van der Waals surface area contributed by atoms with Gasteiger partial charge in [-0.3, -0.25) is 4.79 Å². The summed E-state index contributed by atoms with van der Waals surface area (Å²) in [6.45, 7) is 6.00. The highest BCUT2D eigenvalue weighted by molar-refractivity contribution is 7.90. The van der Waals surface area contributed by atoms with Crippen LogP contribution in [0.4, 0.5) is 0 Å². The van der Waals surface area contributed by atoms with Crippen LogP contribution < -0.4 is 0 Å². The lowest BCUT2D eigenvalue weighted by Crippen LogP contribution is -2.47. The lowest BCUT2D eigenvalue weighted by atomic mass is 9.69. The van der Waals surface area contributed by atoms with Crippen LogP contribution in [0.2, 0.25) is 0 Å². The highest BCUT2D eigenvalue weighted by Crippen LogP contribution is 2.70. The van der Waals surface area contributed by atoms with Crippen LogP contribution in [0.15, 0.2) is 5.11 Å². The summed E-state index contributed by atoms with van der Waals surface area (Å²) >= 11 is 0. The van der Waals surface area contributed by atoms with Gasteiger partial charge in [0.25, 0.3) is 0 Å². The first-order valence-corrected chi connectivity index (χ1v) is 9.42. The van der Waals surface area contributed by atoms with Crippen LogP contribution in [-0.4, -0.2) is 36.5 Å². The molecule has 1 saturated heterocycles. The van der Waals surface area contributed by atoms with Crippen molar-refractivity contribution in [1.82, 2.24) is 4.31 Å². The average Bonchev–Trinajstić information content (AvgIpc) is 2.90. The van der Waals surface area contributed by atoms with Gasteiger partial charge in [-0.2, -0.15) is 0 Å². The lowest BCUT2D eigenvalue weighted by Gasteiger charge is -2.37. The molecule has 1 aliphatic heterocycles. The van der Waals surface area contributed by atoms with Crippen molar-refractivity contribution in [3.63, 3.8) is 0 Å². The normalized spacial score (nSPS) is 38.4. The van der Waals surface area contributed by atoms with Crippen molar-refractivity contribution in [1.29, 1.82) is 0 Å². The highest BCUT2D eigenvalue weighted by atomic mass is 32.2. The molecule has 0 unspecified atom stereocenters. The van der Waals surface area contributed by atoms with Gasteiger partial charge in [0.05, 0.1) is 11.8 Å². The summed E-state index contributed by atoms with van der Waals surface area (Å²) in [7, 11) is -3.63. The average molecular weight is 326 g/mol. The van der Waals surface area contributed by atoms with E-state index >= 15 is 0 Å². The van der Waals surface area contributed by atoms with Crippen LogP contribution in [0, 0.1) is 16.7 Å². The van der Waals surface area contributed by atoms with E-state index in [2.05, 4.69) is 23.9 Å². The number of carbonyl (C=O) groups is 1. The first-order chi connectivity index (χ1) is 10.2. The van der Waals surface area contributed by atoms with E-state index in [1.54, 1.807) is 6.92 Å². The van der Waals surface area contributed by atoms with Crippen molar-refractivity contribution in [2.75, 3.05) is 5.75 Å². The van der Waals surface area contributed by atoms with Crippen molar-refractivity contribution in [3.05, 3.63) is 10.4 Å². The summed E-state index contributed by atoms with van der Waals surface area (Å²) < 4.78 is 26.4. The topological polar surface area (TPSA) is 103 Å². The molecule has 7 nitrogen and oxygen atoms in total. The fraction of sp³-hybridized carbons (Fsp3) is 0.929. The van der Waals surface area contributed by atoms with Crippen LogP contribution in [0.1, 0.15) is 46.5 Å². The van der Waals surface area contributed by atoms with E-state index in [0.717, 1.165) is 23.6 Å². The Hall–Kier alpha value is -1.27. The van der Waals surface area contributed by atoms with Gasteiger partial charge in [-0.15, -0.1) is 0 Å². The predicted molar refractivity (Wildman–Crippen MR) is 81.2 cm³/mol. The van der Waals surface area contributed by atoms with Gasteiger partial charge >= 0.3 is 0 Å². The van der Waals surface area contributed by atoms with Crippen molar-refractivity contribution >= 4 is 15.9 Å². The minimum atomic E-state index is -3.63. The maximum absolute atomic E-state index is 12.7. The smallest absolute Gasteiger partial charge is 0.245 e. The van der Waals surface area contributed by atoms with Gasteiger partial charge in [-0.1, -0.05) is 25.9 Å². The van der Waals surface area contributed by atoms with Crippen molar-refractivity contribution in [2.45, 2.75) is 58.5 Å². The van der Waals surface area contributed by atoms with Crippen LogP contribution in [-0.2, 0) is 14.8 Å². The zero-order valence-electron chi connectivity index (χ0n) is 13.2. The highest BCUT2D eigenvalue weighted by Gasteiger charge is 2.72. The zero-order chi connectivity index (χ0) is 16.3. The molecule has 3 aliphatic rings. The van der Waals surface area contributed by atoms with Crippen molar-refractivity contribution in [3.8, 4) is 0 Å². The summed E-state index contributed by atoms with van der Waals surface area (Å²) in [5.74, 6) is -0.0412. The molecule has 0 aromatic heterocycles. The summed E-state index contributed by atoms with van der Waals surface area (Å²) in [5, 5.41) is 3.49. The number of nitrogens with zero attached hydrogens (tertiary/aromatic N) is 4. The van der Waals surface area contributed by atoms with Gasteiger partial charge < -0.3 is 0 Å². The number of hydrogen-bond donors (Lipinski definition) is 0. The first kappa shape index (κ1) is 15.6. The first-order valence-electron chi connectivity index (χ1n) is 7.81. The van der Waals surface area contributed by atoms with Crippen LogP contribution in [0.3, 0.4) is 0 Å². The third-order valence-corrected chi connectivity index (χ3v) is 8.40. The lowest BCUT2D eigenvalue weighted by molar-refractivity contribution is -0.130. The fourth-order valence-corrected chi connectivity index (χ4v) is 7.66. The number of hydrogen-bond acceptors (Lipinski definition) is 4. The Balaban J connectivity index is 2.03. The molecule has 0 radical (unpaired) electrons. The Kier molecular flexibility index (Phi) is 3.28. The summed E-state index contributed by atoms with van der Waals surface area (Å²) in [5.41, 5.74) is 8.20. The van der Waals surface area contributed by atoms with E-state index in [-0.39, 0.29) is 22.6 Å². The van der Waals surface area contributed by atoms with E-state index in [9.17, 15) is 13.2 Å². The molecule has 1 spiro atoms. The molecular formula is C14H22N4O3S. The van der Waals surface area contributed by atoms with E-state index < -0.39 is 22.0 Å². The molecule has 0 aromatic carbocycles. The minimum Gasteiger partial charge on any atom is -0.273 e. The summed E-state index contributed by atoms with van der Waals surface area (Å²) in [6, 6.07) is -1.20. The number of azide groups is 1. The minimum absolute atomic E-state index is 0.0482. The Labute approximate surface area is 130 Å². The second kappa shape index (κ2) is 4.61. The molecule has 2 aliphatic carbocycles. The van der Waals surface area contributed by atoms with Crippen LogP contribution in [0.25, 0.3) is 10.4 Å². The van der Waals surface area contributed by atoms with Crippen molar-refractivity contribution in [2.24, 2.45) is 21.9 Å². The molecule has 0 aromatic rings. The summed E-state index contributed by atoms with van der Waals surface area (Å²) in [4.78, 5) is 15.4.